The molecule has 0 saturated heterocycles. The van der Waals surface area contributed by atoms with Crippen LogP contribution in [0.4, 0.5) is 11.4 Å². The van der Waals surface area contributed by atoms with Crippen molar-refractivity contribution in [1.82, 2.24) is 0 Å². The highest BCUT2D eigenvalue weighted by atomic mass is 14.6. The fourth-order valence-corrected chi connectivity index (χ4v) is 4.15. The minimum Gasteiger partial charge on any atom is -0.398 e. The summed E-state index contributed by atoms with van der Waals surface area (Å²) in [5, 5.41) is 0. The van der Waals surface area contributed by atoms with Crippen LogP contribution in [0.15, 0.2) is 24.3 Å². The van der Waals surface area contributed by atoms with Crippen LogP contribution >= 0.6 is 0 Å². The van der Waals surface area contributed by atoms with Crippen LogP contribution in [0, 0.1) is 0 Å². The second-order valence-electron chi connectivity index (χ2n) is 6.43. The number of fused-ring (bicyclic) bond motifs is 2. The highest BCUT2D eigenvalue weighted by Crippen LogP contribution is 2.35. The Balaban J connectivity index is 1.75. The Kier molecular flexibility index (Phi) is 2.91. The Morgan fingerprint density at radius 2 is 1.05 bits per heavy atom. The van der Waals surface area contributed by atoms with Crippen molar-refractivity contribution in [3.63, 3.8) is 0 Å². The molecule has 2 heteroatoms. The van der Waals surface area contributed by atoms with Gasteiger partial charge < -0.3 is 11.5 Å². The number of hydrogen-bond acceptors (Lipinski definition) is 2. The van der Waals surface area contributed by atoms with Gasteiger partial charge in [0.15, 0.2) is 0 Å². The maximum Gasteiger partial charge on any atom is 0.0349 e. The molecule has 2 aliphatic carbocycles. The van der Waals surface area contributed by atoms with Gasteiger partial charge in [0.1, 0.15) is 0 Å². The van der Waals surface area contributed by atoms with Gasteiger partial charge >= 0.3 is 0 Å². The highest BCUT2D eigenvalue weighted by molar-refractivity contribution is 5.59. The van der Waals surface area contributed by atoms with E-state index in [9.17, 15) is 0 Å². The van der Waals surface area contributed by atoms with Crippen molar-refractivity contribution in [2.24, 2.45) is 0 Å². The molecular weight excluding hydrogens is 256 g/mol. The molecule has 0 aliphatic heterocycles. The van der Waals surface area contributed by atoms with E-state index in [4.69, 9.17) is 11.5 Å². The van der Waals surface area contributed by atoms with E-state index in [0.29, 0.717) is 0 Å². The molecule has 0 saturated carbocycles. The lowest BCUT2D eigenvalue weighted by Gasteiger charge is -2.14. The average Bonchev–Trinajstić information content (AvgIpc) is 3.14. The fraction of sp³-hybridized carbons (Fsp3) is 0.368. The molecule has 21 heavy (non-hydrogen) atoms. The summed E-state index contributed by atoms with van der Waals surface area (Å²) in [7, 11) is 0. The molecule has 0 aromatic heterocycles. The lowest BCUT2D eigenvalue weighted by Crippen LogP contribution is -2.03. The zero-order valence-electron chi connectivity index (χ0n) is 12.4. The zero-order valence-corrected chi connectivity index (χ0v) is 12.4. The quantitative estimate of drug-likeness (QED) is 0.827. The minimum absolute atomic E-state index is 0.980. The topological polar surface area (TPSA) is 52.0 Å². The van der Waals surface area contributed by atoms with Crippen molar-refractivity contribution in [2.45, 2.75) is 44.9 Å². The predicted molar refractivity (Wildman–Crippen MR) is 88.6 cm³/mol. The Hall–Kier alpha value is -1.96. The van der Waals surface area contributed by atoms with E-state index in [1.165, 1.54) is 59.1 Å². The SMILES string of the molecule is Nc1ccc(Cc2ccc(N)c3c2CCC3)c2c1CCC2. The molecule has 0 spiro atoms. The molecule has 0 amide bonds. The van der Waals surface area contributed by atoms with Crippen molar-refractivity contribution in [3.8, 4) is 0 Å². The van der Waals surface area contributed by atoms with Gasteiger partial charge in [-0.2, -0.15) is 0 Å². The van der Waals surface area contributed by atoms with Crippen LogP contribution in [0.5, 0.6) is 0 Å². The molecule has 2 aliphatic rings. The van der Waals surface area contributed by atoms with Gasteiger partial charge in [0.05, 0.1) is 0 Å². The second-order valence-corrected chi connectivity index (χ2v) is 6.43. The number of hydrogen-bond donors (Lipinski definition) is 2. The third kappa shape index (κ3) is 2.01. The van der Waals surface area contributed by atoms with Gasteiger partial charge in [-0.1, -0.05) is 12.1 Å². The number of anilines is 2. The predicted octanol–water partition coefficient (Wildman–Crippen LogP) is 3.42. The van der Waals surface area contributed by atoms with Gasteiger partial charge in [-0.05, 0) is 90.5 Å². The molecule has 0 heterocycles. The summed E-state index contributed by atoms with van der Waals surface area (Å²) in [5.74, 6) is 0. The summed E-state index contributed by atoms with van der Waals surface area (Å²) in [4.78, 5) is 0. The molecule has 108 valence electrons. The summed E-state index contributed by atoms with van der Waals surface area (Å²) < 4.78 is 0. The maximum absolute atomic E-state index is 6.13. The number of nitrogens with two attached hydrogens (primary N) is 2. The number of benzene rings is 2. The van der Waals surface area contributed by atoms with E-state index in [1.807, 2.05) is 0 Å². The van der Waals surface area contributed by atoms with Gasteiger partial charge in [0, 0.05) is 11.4 Å². The first-order chi connectivity index (χ1) is 10.2. The van der Waals surface area contributed by atoms with E-state index in [2.05, 4.69) is 24.3 Å². The van der Waals surface area contributed by atoms with E-state index in [0.717, 1.165) is 30.6 Å². The third-order valence-corrected chi connectivity index (χ3v) is 5.22. The average molecular weight is 278 g/mol. The monoisotopic (exact) mass is 278 g/mol. The Morgan fingerprint density at radius 3 is 1.52 bits per heavy atom. The molecule has 2 aromatic carbocycles. The van der Waals surface area contributed by atoms with Crippen molar-refractivity contribution < 1.29 is 0 Å². The van der Waals surface area contributed by atoms with E-state index in [1.54, 1.807) is 0 Å². The van der Waals surface area contributed by atoms with Crippen LogP contribution in [0.3, 0.4) is 0 Å². The summed E-state index contributed by atoms with van der Waals surface area (Å²) in [6.07, 6.45) is 8.20. The van der Waals surface area contributed by atoms with Gasteiger partial charge in [-0.15, -0.1) is 0 Å². The Morgan fingerprint density at radius 1 is 0.619 bits per heavy atom. The van der Waals surface area contributed by atoms with Crippen LogP contribution < -0.4 is 11.5 Å². The standard InChI is InChI=1S/C19H22N2/c20-18-9-7-12(14-3-1-5-16(14)18)11-13-8-10-19(21)17-6-2-4-15(13)17/h7-10H,1-6,11,20-21H2. The number of nitrogen functional groups attached to an aromatic ring is 2. The molecule has 4 N–H and O–H groups in total. The van der Waals surface area contributed by atoms with Crippen LogP contribution in [0.2, 0.25) is 0 Å². The molecule has 0 radical (unpaired) electrons. The first-order valence-corrected chi connectivity index (χ1v) is 8.02. The van der Waals surface area contributed by atoms with Gasteiger partial charge in [0.25, 0.3) is 0 Å². The molecule has 0 bridgehead atoms. The summed E-state index contributed by atoms with van der Waals surface area (Å²) in [5.41, 5.74) is 23.0. The molecular formula is C19H22N2. The normalized spacial score (nSPS) is 16.0. The van der Waals surface area contributed by atoms with Crippen LogP contribution in [-0.2, 0) is 32.1 Å². The first kappa shape index (κ1) is 12.8. The van der Waals surface area contributed by atoms with Gasteiger partial charge in [0.2, 0.25) is 0 Å². The maximum atomic E-state index is 6.13. The second kappa shape index (κ2) is 4.80. The van der Waals surface area contributed by atoms with Crippen LogP contribution in [-0.4, -0.2) is 0 Å². The Bertz CT molecular complexity index is 654. The van der Waals surface area contributed by atoms with Gasteiger partial charge in [-0.25, -0.2) is 0 Å². The molecule has 0 unspecified atom stereocenters. The zero-order chi connectivity index (χ0) is 14.4. The summed E-state index contributed by atoms with van der Waals surface area (Å²) in [6.45, 7) is 0. The van der Waals surface area contributed by atoms with Crippen LogP contribution in [0.1, 0.15) is 46.2 Å². The number of rotatable bonds is 2. The molecule has 0 atom stereocenters. The molecule has 0 fully saturated rings. The van der Waals surface area contributed by atoms with Crippen molar-refractivity contribution in [2.75, 3.05) is 11.5 Å². The van der Waals surface area contributed by atoms with Crippen molar-refractivity contribution >= 4 is 11.4 Å². The largest absolute Gasteiger partial charge is 0.398 e. The lowest BCUT2D eigenvalue weighted by atomic mass is 9.92. The first-order valence-electron chi connectivity index (χ1n) is 8.02. The van der Waals surface area contributed by atoms with E-state index >= 15 is 0 Å². The van der Waals surface area contributed by atoms with E-state index in [-0.39, 0.29) is 0 Å². The smallest absolute Gasteiger partial charge is 0.0349 e. The molecule has 2 nitrogen and oxygen atoms in total. The third-order valence-electron chi connectivity index (χ3n) is 5.22. The van der Waals surface area contributed by atoms with Crippen molar-refractivity contribution in [3.05, 3.63) is 57.6 Å². The highest BCUT2D eigenvalue weighted by Gasteiger charge is 2.21. The van der Waals surface area contributed by atoms with Gasteiger partial charge in [-0.3, -0.25) is 0 Å². The lowest BCUT2D eigenvalue weighted by molar-refractivity contribution is 0.901. The van der Waals surface area contributed by atoms with Crippen molar-refractivity contribution in [1.29, 1.82) is 0 Å². The Labute approximate surface area is 126 Å². The van der Waals surface area contributed by atoms with E-state index < -0.39 is 0 Å². The summed E-state index contributed by atoms with van der Waals surface area (Å²) in [6, 6.07) is 8.66. The molecule has 4 rings (SSSR count). The minimum atomic E-state index is 0.980. The summed E-state index contributed by atoms with van der Waals surface area (Å²) >= 11 is 0. The van der Waals surface area contributed by atoms with Crippen LogP contribution in [0.25, 0.3) is 0 Å². The fourth-order valence-electron chi connectivity index (χ4n) is 4.15. The molecule has 2 aromatic rings.